The lowest BCUT2D eigenvalue weighted by Gasteiger charge is -2.33. The summed E-state index contributed by atoms with van der Waals surface area (Å²) in [5.41, 5.74) is 15.7. The van der Waals surface area contributed by atoms with Gasteiger partial charge in [-0.05, 0) is 88.0 Å². The number of benzene rings is 10. The Bertz CT molecular complexity index is 4160. The quantitative estimate of drug-likeness (QED) is 0.159. The first-order chi connectivity index (χ1) is 34.7. The van der Waals surface area contributed by atoms with E-state index in [4.69, 9.17) is 19.4 Å². The van der Waals surface area contributed by atoms with E-state index in [0.717, 1.165) is 105 Å². The van der Waals surface area contributed by atoms with Gasteiger partial charge in [-0.3, -0.25) is 4.57 Å². The Hall–Kier alpha value is -9.04. The molecule has 0 unspecified atom stereocenters. The van der Waals surface area contributed by atoms with Gasteiger partial charge in [-0.25, -0.2) is 4.98 Å². The Morgan fingerprint density at radius 3 is 1.67 bits per heavy atom. The number of hydrogen-bond donors (Lipinski definition) is 0. The van der Waals surface area contributed by atoms with Crippen LogP contribution in [0.25, 0.3) is 106 Å². The zero-order valence-electron chi connectivity index (χ0n) is 37.6. The highest BCUT2D eigenvalue weighted by atomic mass is 32.2. The summed E-state index contributed by atoms with van der Waals surface area (Å²) in [5.74, 6) is 1.79. The molecule has 0 spiro atoms. The molecule has 0 bridgehead atoms. The van der Waals surface area contributed by atoms with Gasteiger partial charge in [0.05, 0.1) is 28.1 Å². The maximum absolute atomic E-state index is 6.60. The standard InChI is InChI=1S/C63H39N5OS/c1-3-15-40(16-4-1)41-29-31-43(32-30-41)62-64-61(42-17-5-2-6-18-42)65-63(66-62)68-52-24-9-7-21-48(52)49-35-33-46(38-56(49)68)44-19-13-20-45(37-44)47-34-36-54-59(39-47)70-58-28-12-10-25-53(58)67(54)55-26-14-23-51-50-22-8-11-27-57(50)69-60(51)55/h1-39H. The van der Waals surface area contributed by atoms with Gasteiger partial charge in [0.2, 0.25) is 5.95 Å². The van der Waals surface area contributed by atoms with E-state index in [0.29, 0.717) is 17.6 Å². The minimum absolute atomic E-state index is 0.562. The number of fused-ring (bicyclic) bond motifs is 8. The molecule has 0 aliphatic carbocycles. The molecule has 3 aromatic heterocycles. The van der Waals surface area contributed by atoms with Crippen LogP contribution in [0.3, 0.4) is 0 Å². The summed E-state index contributed by atoms with van der Waals surface area (Å²) >= 11 is 1.81. The Morgan fingerprint density at radius 2 is 0.857 bits per heavy atom. The van der Waals surface area contributed by atoms with Gasteiger partial charge in [0.1, 0.15) is 5.58 Å². The van der Waals surface area contributed by atoms with E-state index in [2.05, 4.69) is 210 Å². The first-order valence-corrected chi connectivity index (χ1v) is 24.2. The van der Waals surface area contributed by atoms with Crippen molar-refractivity contribution in [1.29, 1.82) is 0 Å². The zero-order chi connectivity index (χ0) is 46.1. The van der Waals surface area contributed by atoms with E-state index < -0.39 is 0 Å². The molecule has 328 valence electrons. The third-order valence-electron chi connectivity index (χ3n) is 13.5. The number of furan rings is 1. The molecule has 0 N–H and O–H groups in total. The molecule has 0 amide bonds. The summed E-state index contributed by atoms with van der Waals surface area (Å²) in [6.45, 7) is 0. The average molecular weight is 914 g/mol. The molecular weight excluding hydrogens is 875 g/mol. The Kier molecular flexibility index (Phi) is 9.35. The lowest BCUT2D eigenvalue weighted by Crippen LogP contribution is -2.15. The highest BCUT2D eigenvalue weighted by Gasteiger charge is 2.28. The number of para-hydroxylation sites is 4. The molecule has 14 rings (SSSR count). The van der Waals surface area contributed by atoms with Gasteiger partial charge in [-0.15, -0.1) is 0 Å². The highest BCUT2D eigenvalue weighted by Crippen LogP contribution is 2.54. The second-order valence-corrected chi connectivity index (χ2v) is 18.7. The molecule has 7 heteroatoms. The van der Waals surface area contributed by atoms with Crippen LogP contribution in [0.2, 0.25) is 0 Å². The summed E-state index contributed by atoms with van der Waals surface area (Å²) in [6, 6.07) is 83.4. The fourth-order valence-corrected chi connectivity index (χ4v) is 11.2. The molecule has 1 aliphatic heterocycles. The van der Waals surface area contributed by atoms with E-state index in [1.807, 2.05) is 48.2 Å². The fraction of sp³-hybridized carbons (Fsp3) is 0. The lowest BCUT2D eigenvalue weighted by molar-refractivity contribution is 0.669. The van der Waals surface area contributed by atoms with E-state index in [1.165, 1.54) is 9.79 Å². The first-order valence-electron chi connectivity index (χ1n) is 23.4. The predicted molar refractivity (Wildman–Crippen MR) is 287 cm³/mol. The zero-order valence-corrected chi connectivity index (χ0v) is 38.4. The molecule has 0 fully saturated rings. The largest absolute Gasteiger partial charge is 0.454 e. The minimum atomic E-state index is 0.562. The third-order valence-corrected chi connectivity index (χ3v) is 14.6. The Labute approximate surface area is 407 Å². The molecule has 0 saturated carbocycles. The van der Waals surface area contributed by atoms with Gasteiger partial charge in [0.15, 0.2) is 17.2 Å². The summed E-state index contributed by atoms with van der Waals surface area (Å²) in [4.78, 5) is 20.3. The molecule has 70 heavy (non-hydrogen) atoms. The predicted octanol–water partition coefficient (Wildman–Crippen LogP) is 17.1. The van der Waals surface area contributed by atoms with Crippen LogP contribution in [-0.4, -0.2) is 19.5 Å². The van der Waals surface area contributed by atoms with Crippen LogP contribution in [0.5, 0.6) is 0 Å². The monoisotopic (exact) mass is 913 g/mol. The summed E-state index contributed by atoms with van der Waals surface area (Å²) in [6.07, 6.45) is 0. The molecular formula is C63H39N5OS. The van der Waals surface area contributed by atoms with Gasteiger partial charge < -0.3 is 9.32 Å². The van der Waals surface area contributed by atoms with Gasteiger partial charge >= 0.3 is 0 Å². The van der Waals surface area contributed by atoms with E-state index in [-0.39, 0.29) is 0 Å². The van der Waals surface area contributed by atoms with Crippen LogP contribution >= 0.6 is 11.8 Å². The summed E-state index contributed by atoms with van der Waals surface area (Å²) < 4.78 is 8.79. The second-order valence-electron chi connectivity index (χ2n) is 17.6. The van der Waals surface area contributed by atoms with Crippen molar-refractivity contribution < 1.29 is 4.42 Å². The first kappa shape index (κ1) is 40.1. The van der Waals surface area contributed by atoms with Crippen molar-refractivity contribution in [1.82, 2.24) is 19.5 Å². The van der Waals surface area contributed by atoms with E-state index in [9.17, 15) is 0 Å². The van der Waals surface area contributed by atoms with Crippen LogP contribution in [0.1, 0.15) is 0 Å². The fourth-order valence-electron chi connectivity index (χ4n) is 10.1. The number of hydrogen-bond acceptors (Lipinski definition) is 6. The number of aromatic nitrogens is 4. The van der Waals surface area contributed by atoms with Crippen LogP contribution in [0.4, 0.5) is 17.1 Å². The molecule has 1 aliphatic rings. The van der Waals surface area contributed by atoms with Crippen LogP contribution in [-0.2, 0) is 0 Å². The highest BCUT2D eigenvalue weighted by molar-refractivity contribution is 7.99. The molecule has 10 aromatic carbocycles. The van der Waals surface area contributed by atoms with Crippen molar-refractivity contribution in [2.24, 2.45) is 0 Å². The van der Waals surface area contributed by atoms with Crippen molar-refractivity contribution in [3.8, 4) is 62.1 Å². The summed E-state index contributed by atoms with van der Waals surface area (Å²) in [7, 11) is 0. The average Bonchev–Trinajstić information content (AvgIpc) is 3.99. The molecule has 0 saturated heterocycles. The maximum atomic E-state index is 6.60. The topological polar surface area (TPSA) is 60.0 Å². The van der Waals surface area contributed by atoms with Crippen molar-refractivity contribution in [3.05, 3.63) is 237 Å². The van der Waals surface area contributed by atoms with Crippen molar-refractivity contribution in [2.75, 3.05) is 4.90 Å². The van der Waals surface area contributed by atoms with Crippen LogP contribution in [0.15, 0.2) is 251 Å². The molecule has 13 aromatic rings. The third kappa shape index (κ3) is 6.70. The van der Waals surface area contributed by atoms with Gasteiger partial charge in [0.25, 0.3) is 0 Å². The van der Waals surface area contributed by atoms with Crippen molar-refractivity contribution in [3.63, 3.8) is 0 Å². The van der Waals surface area contributed by atoms with Crippen LogP contribution < -0.4 is 4.90 Å². The smallest absolute Gasteiger partial charge is 0.238 e. The normalized spacial score (nSPS) is 12.2. The Balaban J connectivity index is 0.871. The van der Waals surface area contributed by atoms with Crippen molar-refractivity contribution in [2.45, 2.75) is 9.79 Å². The van der Waals surface area contributed by atoms with Gasteiger partial charge in [0, 0.05) is 42.5 Å². The summed E-state index contributed by atoms with van der Waals surface area (Å²) in [5, 5.41) is 4.48. The number of nitrogens with zero attached hydrogens (tertiary/aromatic N) is 5. The molecule has 4 heterocycles. The Morgan fingerprint density at radius 1 is 0.329 bits per heavy atom. The van der Waals surface area contributed by atoms with Gasteiger partial charge in [-0.1, -0.05) is 194 Å². The lowest BCUT2D eigenvalue weighted by atomic mass is 9.98. The minimum Gasteiger partial charge on any atom is -0.454 e. The number of rotatable bonds is 7. The SMILES string of the molecule is c1ccc(-c2ccc(-c3nc(-c4ccccc4)nc(-n4c5ccccc5c5ccc(-c6cccc(-c7ccc8c(c7)Sc7ccccc7N8c7cccc8c7oc7ccccc78)c6)cc54)n3)cc2)cc1. The van der Waals surface area contributed by atoms with Crippen LogP contribution in [0, 0.1) is 0 Å². The van der Waals surface area contributed by atoms with E-state index in [1.54, 1.807) is 0 Å². The maximum Gasteiger partial charge on any atom is 0.238 e. The van der Waals surface area contributed by atoms with Gasteiger partial charge in [-0.2, -0.15) is 9.97 Å². The van der Waals surface area contributed by atoms with Crippen molar-refractivity contribution >= 4 is 72.6 Å². The molecule has 0 atom stereocenters. The molecule has 0 radical (unpaired) electrons. The number of anilines is 3. The molecule has 6 nitrogen and oxygen atoms in total. The van der Waals surface area contributed by atoms with E-state index >= 15 is 0 Å². The second kappa shape index (κ2) is 16.3.